The molecule has 0 amide bonds. The fraction of sp³-hybridized carbons (Fsp3) is 0.750. The van der Waals surface area contributed by atoms with Gasteiger partial charge in [-0.15, -0.1) is 0 Å². The zero-order valence-corrected chi connectivity index (χ0v) is 13.6. The lowest BCUT2D eigenvalue weighted by atomic mass is 9.99. The van der Waals surface area contributed by atoms with E-state index < -0.39 is 0 Å². The second-order valence-corrected chi connectivity index (χ2v) is 6.28. The molecule has 0 bridgehead atoms. The van der Waals surface area contributed by atoms with Crippen molar-refractivity contribution in [1.29, 1.82) is 0 Å². The minimum absolute atomic E-state index is 0.864. The molecule has 1 aromatic heterocycles. The fourth-order valence-electron chi connectivity index (χ4n) is 2.36. The smallest absolute Gasteiger partial charge is 0.0739 e. The summed E-state index contributed by atoms with van der Waals surface area (Å²) in [7, 11) is 2.03. The molecule has 2 rings (SSSR count). The zero-order valence-electron chi connectivity index (χ0n) is 10.4. The topological polar surface area (TPSA) is 21.1 Å². The number of hydrogen-bond donors (Lipinski definition) is 0. The number of aromatic nitrogens is 2. The van der Waals surface area contributed by atoms with Gasteiger partial charge in [0.2, 0.25) is 0 Å². The molecule has 0 atom stereocenters. The van der Waals surface area contributed by atoms with Gasteiger partial charge in [-0.3, -0.25) is 9.58 Å². The number of hydrogen-bond acceptors (Lipinski definition) is 2. The molecule has 0 aliphatic carbocycles. The Labute approximate surface area is 120 Å². The van der Waals surface area contributed by atoms with Crippen molar-refractivity contribution in [3.8, 4) is 0 Å². The Morgan fingerprint density at radius 1 is 1.35 bits per heavy atom. The second kappa shape index (κ2) is 5.85. The van der Waals surface area contributed by atoms with E-state index in [0.717, 1.165) is 23.5 Å². The van der Waals surface area contributed by atoms with Gasteiger partial charge >= 0.3 is 0 Å². The molecular weight excluding hydrogens is 346 g/mol. The number of aryl methyl sites for hydroxylation is 2. The van der Waals surface area contributed by atoms with E-state index in [2.05, 4.69) is 41.9 Å². The highest BCUT2D eigenvalue weighted by atomic mass is 79.9. The van der Waals surface area contributed by atoms with Gasteiger partial charge < -0.3 is 0 Å². The van der Waals surface area contributed by atoms with E-state index in [-0.39, 0.29) is 0 Å². The van der Waals surface area contributed by atoms with Crippen molar-refractivity contribution < 1.29 is 0 Å². The van der Waals surface area contributed by atoms with Crippen LogP contribution in [0, 0.1) is 12.8 Å². The quantitative estimate of drug-likeness (QED) is 0.768. The molecule has 1 aliphatic heterocycles. The summed E-state index contributed by atoms with van der Waals surface area (Å²) >= 11 is 7.22. The molecule has 0 radical (unpaired) electrons. The Morgan fingerprint density at radius 3 is 2.47 bits per heavy atom. The Morgan fingerprint density at radius 2 is 2.00 bits per heavy atom. The molecule has 96 valence electrons. The Kier molecular flexibility index (Phi) is 4.66. The number of halogens is 2. The third-order valence-electron chi connectivity index (χ3n) is 3.56. The molecule has 5 heteroatoms. The van der Waals surface area contributed by atoms with Crippen molar-refractivity contribution in [2.24, 2.45) is 13.0 Å². The molecule has 1 saturated heterocycles. The first-order chi connectivity index (χ1) is 8.11. The Hall–Kier alpha value is 0.130. The summed E-state index contributed by atoms with van der Waals surface area (Å²) in [5, 5.41) is 5.59. The van der Waals surface area contributed by atoms with E-state index >= 15 is 0 Å². The van der Waals surface area contributed by atoms with Crippen molar-refractivity contribution in [1.82, 2.24) is 14.7 Å². The molecule has 1 fully saturated rings. The molecule has 0 unspecified atom stereocenters. The van der Waals surface area contributed by atoms with E-state index in [1.165, 1.54) is 36.1 Å². The van der Waals surface area contributed by atoms with Gasteiger partial charge in [0.05, 0.1) is 15.9 Å². The van der Waals surface area contributed by atoms with Gasteiger partial charge in [-0.2, -0.15) is 5.10 Å². The van der Waals surface area contributed by atoms with Gasteiger partial charge in [-0.1, -0.05) is 15.9 Å². The van der Waals surface area contributed by atoms with Gasteiger partial charge in [-0.05, 0) is 54.7 Å². The SMILES string of the molecule is Cc1nn(C)c(CN2CCC(CBr)CC2)c1Br. The number of piperidine rings is 1. The van der Waals surface area contributed by atoms with E-state index in [1.807, 2.05) is 18.7 Å². The minimum atomic E-state index is 0.864. The average Bonchev–Trinajstić information content (AvgIpc) is 2.57. The monoisotopic (exact) mass is 363 g/mol. The summed E-state index contributed by atoms with van der Waals surface area (Å²) in [5.74, 6) is 0.864. The van der Waals surface area contributed by atoms with E-state index in [4.69, 9.17) is 0 Å². The molecule has 0 aromatic carbocycles. The second-order valence-electron chi connectivity index (χ2n) is 4.84. The maximum absolute atomic E-state index is 4.44. The van der Waals surface area contributed by atoms with Gasteiger partial charge in [0.15, 0.2) is 0 Å². The summed E-state index contributed by atoms with van der Waals surface area (Å²) in [6, 6.07) is 0. The van der Waals surface area contributed by atoms with E-state index in [0.29, 0.717) is 0 Å². The summed E-state index contributed by atoms with van der Waals surface area (Å²) in [4.78, 5) is 2.53. The van der Waals surface area contributed by atoms with Crippen molar-refractivity contribution in [2.75, 3.05) is 18.4 Å². The summed E-state index contributed by atoms with van der Waals surface area (Å²) in [6.45, 7) is 5.46. The van der Waals surface area contributed by atoms with Crippen LogP contribution < -0.4 is 0 Å². The number of rotatable bonds is 3. The van der Waals surface area contributed by atoms with Crippen LogP contribution in [0.1, 0.15) is 24.2 Å². The first kappa shape index (κ1) is 13.6. The van der Waals surface area contributed by atoms with Gasteiger partial charge in [0, 0.05) is 18.9 Å². The van der Waals surface area contributed by atoms with Crippen molar-refractivity contribution in [3.63, 3.8) is 0 Å². The molecule has 0 spiro atoms. The predicted molar refractivity (Wildman–Crippen MR) is 77.4 cm³/mol. The maximum atomic E-state index is 4.44. The lowest BCUT2D eigenvalue weighted by Crippen LogP contribution is -2.34. The molecule has 1 aliphatic rings. The van der Waals surface area contributed by atoms with Gasteiger partial charge in [-0.25, -0.2) is 0 Å². The lowest BCUT2D eigenvalue weighted by molar-refractivity contribution is 0.183. The van der Waals surface area contributed by atoms with Crippen LogP contribution >= 0.6 is 31.9 Å². The highest BCUT2D eigenvalue weighted by Gasteiger charge is 2.20. The first-order valence-corrected chi connectivity index (χ1v) is 7.99. The summed E-state index contributed by atoms with van der Waals surface area (Å²) in [6.07, 6.45) is 2.61. The predicted octanol–water partition coefficient (Wildman–Crippen LogP) is 3.10. The van der Waals surface area contributed by atoms with Crippen LogP contribution in [0.5, 0.6) is 0 Å². The number of likely N-dealkylation sites (tertiary alicyclic amines) is 1. The first-order valence-electron chi connectivity index (χ1n) is 6.08. The molecule has 17 heavy (non-hydrogen) atoms. The summed E-state index contributed by atoms with van der Waals surface area (Å²) < 4.78 is 3.17. The standard InChI is InChI=1S/C12H19Br2N3/c1-9-12(14)11(16(2)15-9)8-17-5-3-10(7-13)4-6-17/h10H,3-8H2,1-2H3. The van der Waals surface area contributed by atoms with Crippen LogP contribution in [-0.4, -0.2) is 33.1 Å². The molecule has 2 heterocycles. The third kappa shape index (κ3) is 3.12. The normalized spacial score (nSPS) is 18.8. The highest BCUT2D eigenvalue weighted by Crippen LogP contribution is 2.25. The molecular formula is C12H19Br2N3. The van der Waals surface area contributed by atoms with E-state index in [9.17, 15) is 0 Å². The van der Waals surface area contributed by atoms with Gasteiger partial charge in [0.1, 0.15) is 0 Å². The molecule has 0 saturated carbocycles. The van der Waals surface area contributed by atoms with Crippen LogP contribution in [-0.2, 0) is 13.6 Å². The maximum Gasteiger partial charge on any atom is 0.0739 e. The molecule has 0 N–H and O–H groups in total. The number of nitrogens with zero attached hydrogens (tertiary/aromatic N) is 3. The van der Waals surface area contributed by atoms with Crippen LogP contribution in [0.2, 0.25) is 0 Å². The zero-order chi connectivity index (χ0) is 12.4. The van der Waals surface area contributed by atoms with Crippen molar-refractivity contribution in [3.05, 3.63) is 15.9 Å². The van der Waals surface area contributed by atoms with Crippen LogP contribution in [0.15, 0.2) is 4.47 Å². The highest BCUT2D eigenvalue weighted by molar-refractivity contribution is 9.10. The van der Waals surface area contributed by atoms with Crippen LogP contribution in [0.4, 0.5) is 0 Å². The third-order valence-corrected chi connectivity index (χ3v) is 5.51. The summed E-state index contributed by atoms with van der Waals surface area (Å²) in [5.41, 5.74) is 2.37. The fourth-order valence-corrected chi connectivity index (χ4v) is 3.47. The Bertz CT molecular complexity index is 381. The average molecular weight is 365 g/mol. The van der Waals surface area contributed by atoms with E-state index in [1.54, 1.807) is 0 Å². The Balaban J connectivity index is 1.98. The minimum Gasteiger partial charge on any atom is -0.297 e. The van der Waals surface area contributed by atoms with Crippen molar-refractivity contribution in [2.45, 2.75) is 26.3 Å². The largest absolute Gasteiger partial charge is 0.297 e. The number of alkyl halides is 1. The van der Waals surface area contributed by atoms with Crippen LogP contribution in [0.3, 0.4) is 0 Å². The molecule has 3 nitrogen and oxygen atoms in total. The van der Waals surface area contributed by atoms with Crippen LogP contribution in [0.25, 0.3) is 0 Å². The lowest BCUT2D eigenvalue weighted by Gasteiger charge is -2.31. The van der Waals surface area contributed by atoms with Crippen molar-refractivity contribution >= 4 is 31.9 Å². The molecule has 1 aromatic rings. The van der Waals surface area contributed by atoms with Gasteiger partial charge in [0.25, 0.3) is 0 Å².